The largest absolute Gasteiger partial charge is 0.310 e. The van der Waals surface area contributed by atoms with Crippen LogP contribution in [-0.2, 0) is 0 Å². The number of rotatable bonds is 5. The monoisotopic (exact) mass is 301 g/mol. The molecule has 1 aromatic rings. The van der Waals surface area contributed by atoms with Crippen LogP contribution in [0.4, 0.5) is 4.39 Å². The Morgan fingerprint density at radius 2 is 1.88 bits per heavy atom. The molecule has 17 heavy (non-hydrogen) atoms. The molecule has 3 heteroatoms. The van der Waals surface area contributed by atoms with E-state index in [1.54, 1.807) is 0 Å². The van der Waals surface area contributed by atoms with Crippen molar-refractivity contribution < 1.29 is 4.39 Å². The fourth-order valence-electron chi connectivity index (χ4n) is 1.56. The van der Waals surface area contributed by atoms with Crippen molar-refractivity contribution in [3.63, 3.8) is 0 Å². The first-order valence-electron chi connectivity index (χ1n) is 6.10. The van der Waals surface area contributed by atoms with Gasteiger partial charge in [-0.25, -0.2) is 4.39 Å². The third-order valence-corrected chi connectivity index (χ3v) is 3.81. The summed E-state index contributed by atoms with van der Waals surface area (Å²) in [6.07, 6.45) is 0. The summed E-state index contributed by atoms with van der Waals surface area (Å²) < 4.78 is 14.5. The summed E-state index contributed by atoms with van der Waals surface area (Å²) in [6, 6.07) is 5.27. The van der Waals surface area contributed by atoms with Crippen LogP contribution in [0.2, 0.25) is 0 Å². The first-order chi connectivity index (χ1) is 7.91. The molecule has 0 spiro atoms. The molecule has 0 radical (unpaired) electrons. The molecule has 0 saturated carbocycles. The molecule has 0 amide bonds. The van der Waals surface area contributed by atoms with Gasteiger partial charge in [0.25, 0.3) is 0 Å². The van der Waals surface area contributed by atoms with Crippen LogP contribution in [0.3, 0.4) is 0 Å². The molecule has 2 atom stereocenters. The van der Waals surface area contributed by atoms with Crippen LogP contribution in [0.15, 0.2) is 22.7 Å². The van der Waals surface area contributed by atoms with E-state index in [2.05, 4.69) is 42.0 Å². The number of hydrogen-bond donors (Lipinski definition) is 1. The second-order valence-corrected chi connectivity index (χ2v) is 5.93. The molecule has 1 N–H and O–H groups in total. The van der Waals surface area contributed by atoms with Crippen molar-refractivity contribution in [3.05, 3.63) is 34.1 Å². The van der Waals surface area contributed by atoms with Crippen LogP contribution < -0.4 is 5.32 Å². The Hall–Kier alpha value is -0.410. The zero-order valence-corrected chi connectivity index (χ0v) is 12.5. The lowest BCUT2D eigenvalue weighted by Gasteiger charge is -2.20. The molecule has 1 rings (SSSR count). The van der Waals surface area contributed by atoms with E-state index in [9.17, 15) is 4.39 Å². The van der Waals surface area contributed by atoms with Crippen LogP contribution in [0.1, 0.15) is 39.3 Å². The van der Waals surface area contributed by atoms with E-state index < -0.39 is 0 Å². The zero-order valence-electron chi connectivity index (χ0n) is 10.9. The fraction of sp³-hybridized carbons (Fsp3) is 0.571. The smallest absolute Gasteiger partial charge is 0.129 e. The highest BCUT2D eigenvalue weighted by Crippen LogP contribution is 2.21. The Balaban J connectivity index is 2.61. The first-order valence-corrected chi connectivity index (χ1v) is 6.89. The Morgan fingerprint density at radius 1 is 1.24 bits per heavy atom. The van der Waals surface area contributed by atoms with Gasteiger partial charge in [-0.15, -0.1) is 0 Å². The van der Waals surface area contributed by atoms with Gasteiger partial charge in [0.1, 0.15) is 5.82 Å². The van der Waals surface area contributed by atoms with E-state index in [1.165, 1.54) is 6.07 Å². The lowest BCUT2D eigenvalue weighted by Crippen LogP contribution is -2.27. The van der Waals surface area contributed by atoms with E-state index in [0.29, 0.717) is 11.8 Å². The van der Waals surface area contributed by atoms with Gasteiger partial charge in [0, 0.05) is 16.1 Å². The maximum Gasteiger partial charge on any atom is 0.129 e. The van der Waals surface area contributed by atoms with Crippen molar-refractivity contribution in [2.45, 2.75) is 33.7 Å². The Morgan fingerprint density at radius 3 is 2.41 bits per heavy atom. The average molecular weight is 302 g/mol. The number of halogens is 2. The molecule has 0 fully saturated rings. The summed E-state index contributed by atoms with van der Waals surface area (Å²) >= 11 is 3.27. The minimum atomic E-state index is -0.156. The summed E-state index contributed by atoms with van der Waals surface area (Å²) in [5.74, 6) is 1.08. The van der Waals surface area contributed by atoms with Crippen LogP contribution >= 0.6 is 15.9 Å². The van der Waals surface area contributed by atoms with E-state index in [0.717, 1.165) is 16.6 Å². The van der Waals surface area contributed by atoms with Crippen LogP contribution in [0.25, 0.3) is 0 Å². The molecular weight excluding hydrogens is 281 g/mol. The Bertz CT molecular complexity index is 365. The van der Waals surface area contributed by atoms with Crippen molar-refractivity contribution in [3.8, 4) is 0 Å². The molecule has 2 unspecified atom stereocenters. The van der Waals surface area contributed by atoms with Gasteiger partial charge in [0.2, 0.25) is 0 Å². The van der Waals surface area contributed by atoms with Gasteiger partial charge in [0.15, 0.2) is 0 Å². The molecule has 96 valence electrons. The summed E-state index contributed by atoms with van der Waals surface area (Å²) in [4.78, 5) is 0. The highest BCUT2D eigenvalue weighted by Gasteiger charge is 2.13. The lowest BCUT2D eigenvalue weighted by molar-refractivity contribution is 0.372. The quantitative estimate of drug-likeness (QED) is 0.842. The highest BCUT2D eigenvalue weighted by atomic mass is 79.9. The van der Waals surface area contributed by atoms with Crippen molar-refractivity contribution in [2.24, 2.45) is 11.8 Å². The molecule has 0 heterocycles. The van der Waals surface area contributed by atoms with Gasteiger partial charge in [-0.3, -0.25) is 0 Å². The van der Waals surface area contributed by atoms with E-state index in [-0.39, 0.29) is 11.9 Å². The SMILES string of the molecule is CC(NCC(C)C(C)C)c1ccc(Br)cc1F. The first kappa shape index (κ1) is 14.7. The summed E-state index contributed by atoms with van der Waals surface area (Å²) in [5, 5.41) is 3.38. The van der Waals surface area contributed by atoms with Crippen molar-refractivity contribution >= 4 is 15.9 Å². The molecular formula is C14H21BrFN. The topological polar surface area (TPSA) is 12.0 Å². The second kappa shape index (κ2) is 6.50. The van der Waals surface area contributed by atoms with E-state index >= 15 is 0 Å². The van der Waals surface area contributed by atoms with Crippen LogP contribution in [0.5, 0.6) is 0 Å². The van der Waals surface area contributed by atoms with Gasteiger partial charge < -0.3 is 5.32 Å². The molecule has 0 aliphatic carbocycles. The van der Waals surface area contributed by atoms with Gasteiger partial charge >= 0.3 is 0 Å². The van der Waals surface area contributed by atoms with Gasteiger partial charge in [-0.1, -0.05) is 42.8 Å². The normalized spacial score (nSPS) is 15.0. The zero-order chi connectivity index (χ0) is 13.0. The van der Waals surface area contributed by atoms with Crippen molar-refractivity contribution in [2.75, 3.05) is 6.54 Å². The van der Waals surface area contributed by atoms with Crippen LogP contribution in [0, 0.1) is 17.7 Å². The van der Waals surface area contributed by atoms with Crippen LogP contribution in [-0.4, -0.2) is 6.54 Å². The molecule has 0 aliphatic rings. The maximum atomic E-state index is 13.7. The molecule has 1 aromatic carbocycles. The number of nitrogens with one attached hydrogen (secondary N) is 1. The Kier molecular flexibility index (Phi) is 5.60. The summed E-state index contributed by atoms with van der Waals surface area (Å²) in [7, 11) is 0. The minimum Gasteiger partial charge on any atom is -0.310 e. The second-order valence-electron chi connectivity index (χ2n) is 5.02. The molecule has 0 saturated heterocycles. The molecule has 0 aromatic heterocycles. The predicted octanol–water partition coefficient (Wildman–Crippen LogP) is 4.53. The van der Waals surface area contributed by atoms with Gasteiger partial charge in [-0.05, 0) is 37.4 Å². The number of hydrogen-bond acceptors (Lipinski definition) is 1. The molecule has 0 bridgehead atoms. The minimum absolute atomic E-state index is 0.0456. The lowest BCUT2D eigenvalue weighted by atomic mass is 9.97. The third kappa shape index (κ3) is 4.40. The van der Waals surface area contributed by atoms with Gasteiger partial charge in [0.05, 0.1) is 0 Å². The van der Waals surface area contributed by atoms with E-state index in [1.807, 2.05) is 19.1 Å². The third-order valence-electron chi connectivity index (χ3n) is 3.31. The number of benzene rings is 1. The summed E-state index contributed by atoms with van der Waals surface area (Å²) in [5.41, 5.74) is 0.726. The Labute approximate surface area is 112 Å². The predicted molar refractivity (Wildman–Crippen MR) is 74.5 cm³/mol. The standard InChI is InChI=1S/C14H21BrFN/c1-9(2)10(3)8-17-11(4)13-6-5-12(15)7-14(13)16/h5-7,9-11,17H,8H2,1-4H3. The maximum absolute atomic E-state index is 13.7. The molecule has 0 aliphatic heterocycles. The molecule has 1 nitrogen and oxygen atoms in total. The van der Waals surface area contributed by atoms with Crippen molar-refractivity contribution in [1.29, 1.82) is 0 Å². The van der Waals surface area contributed by atoms with E-state index in [4.69, 9.17) is 0 Å². The average Bonchev–Trinajstić information content (AvgIpc) is 2.25. The summed E-state index contributed by atoms with van der Waals surface area (Å²) in [6.45, 7) is 9.53. The van der Waals surface area contributed by atoms with Crippen molar-refractivity contribution in [1.82, 2.24) is 5.32 Å². The van der Waals surface area contributed by atoms with Gasteiger partial charge in [-0.2, -0.15) is 0 Å². The fourth-order valence-corrected chi connectivity index (χ4v) is 1.89. The highest BCUT2D eigenvalue weighted by molar-refractivity contribution is 9.10.